The molecule has 0 spiro atoms. The molecule has 0 unspecified atom stereocenters. The monoisotopic (exact) mass is 849 g/mol. The first-order chi connectivity index (χ1) is 21.4. The Morgan fingerprint density at radius 1 is 0.936 bits per heavy atom. The number of aromatic nitrogens is 1. The third kappa shape index (κ3) is 8.74. The Kier molecular flexibility index (Phi) is 14.0. The van der Waals surface area contributed by atoms with Crippen molar-refractivity contribution in [3.8, 4) is 11.3 Å². The number of fused-ring (bicyclic) bond motifs is 2. The van der Waals surface area contributed by atoms with Crippen LogP contribution in [0.5, 0.6) is 0 Å². The molecule has 0 saturated heterocycles. The molecule has 259 valence electrons. The fraction of sp³-hybridized carbons (Fsp3) is 0.512. The predicted molar refractivity (Wildman–Crippen MR) is 206 cm³/mol. The van der Waals surface area contributed by atoms with E-state index in [4.69, 9.17) is 4.98 Å². The van der Waals surface area contributed by atoms with E-state index in [1.165, 1.54) is 49.2 Å². The summed E-state index contributed by atoms with van der Waals surface area (Å²) in [6.07, 6.45) is 6.73. The zero-order valence-corrected chi connectivity index (χ0v) is 35.6. The fourth-order valence-corrected chi connectivity index (χ4v) is 9.76. The van der Waals surface area contributed by atoms with E-state index in [1.807, 2.05) is 59.1 Å². The van der Waals surface area contributed by atoms with Gasteiger partial charge in [0.15, 0.2) is 5.78 Å². The fourth-order valence-electron chi connectivity index (χ4n) is 5.92. The summed E-state index contributed by atoms with van der Waals surface area (Å²) < 4.78 is 2.90. The number of aliphatic hydroxyl groups excluding tert-OH is 1. The number of nitrogens with zero attached hydrogens (tertiary/aromatic N) is 1. The maximum Gasteiger partial charge on any atom is 0.164 e. The Hall–Kier alpha value is -2.11. The van der Waals surface area contributed by atoms with Gasteiger partial charge in [0.1, 0.15) is 5.76 Å². The van der Waals surface area contributed by atoms with E-state index in [2.05, 4.69) is 84.6 Å². The first-order valence-corrected chi connectivity index (χ1v) is 21.5. The van der Waals surface area contributed by atoms with Gasteiger partial charge >= 0.3 is 0 Å². The van der Waals surface area contributed by atoms with Gasteiger partial charge in [0.25, 0.3) is 0 Å². The molecule has 0 amide bonds. The van der Waals surface area contributed by atoms with Crippen molar-refractivity contribution in [1.82, 2.24) is 4.98 Å². The van der Waals surface area contributed by atoms with Gasteiger partial charge in [-0.15, -0.1) is 29.1 Å². The van der Waals surface area contributed by atoms with Crippen LogP contribution >= 0.6 is 11.3 Å². The number of aliphatic hydroxyl groups is 1. The summed E-state index contributed by atoms with van der Waals surface area (Å²) in [5, 5.41) is 14.0. The van der Waals surface area contributed by atoms with Crippen LogP contribution in [0.3, 0.4) is 0 Å². The minimum Gasteiger partial charge on any atom is -0.512 e. The molecular weight excluding hydrogens is 791 g/mol. The molecule has 3 nitrogen and oxygen atoms in total. The van der Waals surface area contributed by atoms with Gasteiger partial charge in [-0.1, -0.05) is 103 Å². The number of carbonyl (C=O) groups excluding carboxylic acids is 1. The van der Waals surface area contributed by atoms with Crippen molar-refractivity contribution in [3.63, 3.8) is 0 Å². The number of thiophene rings is 1. The number of allylic oxidation sites excluding steroid dienone is 2. The van der Waals surface area contributed by atoms with Crippen molar-refractivity contribution in [2.45, 2.75) is 127 Å². The Bertz CT molecular complexity index is 1740. The number of rotatable bonds is 10. The van der Waals surface area contributed by atoms with Crippen LogP contribution in [0.25, 0.3) is 32.1 Å². The van der Waals surface area contributed by atoms with Crippen LogP contribution in [0, 0.1) is 37.7 Å². The van der Waals surface area contributed by atoms with Crippen molar-refractivity contribution < 1.29 is 30.0 Å². The number of carbonyl (C=O) groups is 1. The van der Waals surface area contributed by atoms with Gasteiger partial charge in [-0.25, -0.2) is 0 Å². The third-order valence-corrected chi connectivity index (χ3v) is 15.5. The number of hydrogen-bond acceptors (Lipinski definition) is 4. The average molecular weight is 849 g/mol. The molecule has 0 atom stereocenters. The minimum absolute atomic E-state index is 0. The largest absolute Gasteiger partial charge is 0.512 e. The summed E-state index contributed by atoms with van der Waals surface area (Å²) in [5.74, 6) is 0.739. The molecular formula is C41H58IrNO2SSi-. The molecule has 0 bridgehead atoms. The zero-order valence-electron chi connectivity index (χ0n) is 31.4. The number of benzene rings is 2. The Labute approximate surface area is 304 Å². The molecule has 0 saturated carbocycles. The van der Waals surface area contributed by atoms with Crippen molar-refractivity contribution in [2.24, 2.45) is 10.8 Å². The summed E-state index contributed by atoms with van der Waals surface area (Å²) in [6.45, 7) is 30.6. The summed E-state index contributed by atoms with van der Waals surface area (Å²) in [4.78, 5) is 17.0. The van der Waals surface area contributed by atoms with Gasteiger partial charge in [-0.2, -0.15) is 11.3 Å². The summed E-state index contributed by atoms with van der Waals surface area (Å²) in [7, 11) is -1.39. The maximum absolute atomic E-state index is 12.2. The Morgan fingerprint density at radius 2 is 1.49 bits per heavy atom. The summed E-state index contributed by atoms with van der Waals surface area (Å²) in [5.41, 5.74) is 7.10. The van der Waals surface area contributed by atoms with Gasteiger partial charge in [-0.05, 0) is 73.9 Å². The van der Waals surface area contributed by atoms with Gasteiger partial charge in [0.2, 0.25) is 0 Å². The molecule has 6 heteroatoms. The number of aryl methyl sites for hydroxylation is 3. The maximum atomic E-state index is 12.2. The standard InChI is InChI=1S/C26H30NSSi.C15H28O2.Ir/c1-15(2)22-14-20(13-19-11-16(3)17(4)12-23(19)22)24-25-21(9-10-27-24)18(5)26(28-25)29(6,7)8;1-7-14(5,8-2)12(16)11-13(17)15(6,9-3)10-4;/h9-12,14-15H,1-8H3;11,16H,7-10H2,1-6H3;/q-1;;/b;12-11-;. The molecule has 2 aromatic heterocycles. The Morgan fingerprint density at radius 3 is 2.00 bits per heavy atom. The second-order valence-corrected chi connectivity index (χ2v) is 21.4. The van der Waals surface area contributed by atoms with Gasteiger partial charge in [-0.3, -0.25) is 9.78 Å². The van der Waals surface area contributed by atoms with Crippen LogP contribution in [-0.4, -0.2) is 23.9 Å². The van der Waals surface area contributed by atoms with E-state index in [9.17, 15) is 9.90 Å². The van der Waals surface area contributed by atoms with Crippen LogP contribution in [0.1, 0.15) is 109 Å². The second kappa shape index (κ2) is 16.1. The molecule has 1 N–H and O–H groups in total. The van der Waals surface area contributed by atoms with Crippen molar-refractivity contribution in [3.05, 3.63) is 70.6 Å². The third-order valence-electron chi connectivity index (χ3n) is 10.5. The SMILES string of the molecule is CCC(C)(CC)C(=O)/C=C(\O)C(C)(CC)CC.Cc1cc2[c-]c(-c3nccc4c(C)c([Si](C)(C)C)sc34)cc(C(C)C)c2cc1C.[Ir]. The van der Waals surface area contributed by atoms with Gasteiger partial charge in [0, 0.05) is 53.6 Å². The van der Waals surface area contributed by atoms with Crippen LogP contribution in [-0.2, 0) is 24.9 Å². The predicted octanol–water partition coefficient (Wildman–Crippen LogP) is 12.2. The van der Waals surface area contributed by atoms with E-state index in [-0.39, 0.29) is 42.5 Å². The van der Waals surface area contributed by atoms with Crippen molar-refractivity contribution >= 4 is 50.6 Å². The van der Waals surface area contributed by atoms with Gasteiger partial charge < -0.3 is 5.11 Å². The molecule has 0 aliphatic carbocycles. The van der Waals surface area contributed by atoms with Crippen molar-refractivity contribution in [1.29, 1.82) is 0 Å². The Balaban J connectivity index is 0.000000370. The quantitative estimate of drug-likeness (QED) is 0.0748. The molecule has 1 radical (unpaired) electrons. The number of ketones is 1. The molecule has 0 aliphatic rings. The van der Waals surface area contributed by atoms with Crippen LogP contribution < -0.4 is 4.50 Å². The van der Waals surface area contributed by atoms with E-state index in [0.29, 0.717) is 5.92 Å². The summed E-state index contributed by atoms with van der Waals surface area (Å²) >= 11 is 1.96. The molecule has 47 heavy (non-hydrogen) atoms. The van der Waals surface area contributed by atoms with Crippen LogP contribution in [0.4, 0.5) is 0 Å². The van der Waals surface area contributed by atoms with Crippen LogP contribution in [0.15, 0.2) is 42.3 Å². The molecule has 2 heterocycles. The smallest absolute Gasteiger partial charge is 0.164 e. The number of pyridine rings is 1. The second-order valence-electron chi connectivity index (χ2n) is 15.0. The van der Waals surface area contributed by atoms with E-state index in [0.717, 1.165) is 36.9 Å². The van der Waals surface area contributed by atoms with Crippen LogP contribution in [0.2, 0.25) is 19.6 Å². The van der Waals surface area contributed by atoms with E-state index >= 15 is 0 Å². The topological polar surface area (TPSA) is 50.2 Å². The van der Waals surface area contributed by atoms with Crippen molar-refractivity contribution in [2.75, 3.05) is 0 Å². The molecule has 2 aromatic carbocycles. The average Bonchev–Trinajstić information content (AvgIpc) is 3.37. The minimum atomic E-state index is -1.39. The van der Waals surface area contributed by atoms with Gasteiger partial charge in [0.05, 0.1) is 8.07 Å². The molecule has 4 rings (SSSR count). The van der Waals surface area contributed by atoms with E-state index in [1.54, 1.807) is 4.50 Å². The molecule has 0 aliphatic heterocycles. The first kappa shape index (κ1) is 41.1. The molecule has 0 fully saturated rings. The van der Waals surface area contributed by atoms with E-state index < -0.39 is 8.07 Å². The number of hydrogen-bond donors (Lipinski definition) is 1. The summed E-state index contributed by atoms with van der Waals surface area (Å²) in [6, 6.07) is 12.8. The normalized spacial score (nSPS) is 12.7. The first-order valence-electron chi connectivity index (χ1n) is 17.2. The zero-order chi connectivity index (χ0) is 34.8. The molecule has 4 aromatic rings.